The second-order valence-electron chi connectivity index (χ2n) is 10.6. The minimum absolute atomic E-state index is 0.0260. The molecule has 0 radical (unpaired) electrons. The lowest BCUT2D eigenvalue weighted by atomic mass is 9.85. The van der Waals surface area contributed by atoms with E-state index in [1.54, 1.807) is 27.7 Å². The molecule has 0 saturated carbocycles. The van der Waals surface area contributed by atoms with Gasteiger partial charge in [-0.15, -0.1) is 0 Å². The predicted molar refractivity (Wildman–Crippen MR) is 129 cm³/mol. The molecule has 2 heterocycles. The fourth-order valence-electron chi connectivity index (χ4n) is 4.40. The molecule has 10 heteroatoms. The van der Waals surface area contributed by atoms with Crippen LogP contribution in [0.5, 0.6) is 0 Å². The van der Waals surface area contributed by atoms with Crippen LogP contribution in [0.3, 0.4) is 0 Å². The number of aliphatic hydroxyl groups is 1. The van der Waals surface area contributed by atoms with E-state index >= 15 is 0 Å². The van der Waals surface area contributed by atoms with E-state index in [4.69, 9.17) is 9.47 Å². The lowest BCUT2D eigenvalue weighted by Crippen LogP contribution is -2.61. The van der Waals surface area contributed by atoms with E-state index in [0.29, 0.717) is 12.8 Å². The van der Waals surface area contributed by atoms with Crippen molar-refractivity contribution in [3.05, 3.63) is 12.2 Å². The van der Waals surface area contributed by atoms with Crippen molar-refractivity contribution in [2.45, 2.75) is 102 Å². The Balaban J connectivity index is 2.37. The molecule has 0 aromatic heterocycles. The van der Waals surface area contributed by atoms with Crippen molar-refractivity contribution in [1.29, 1.82) is 0 Å². The van der Waals surface area contributed by atoms with Gasteiger partial charge < -0.3 is 30.1 Å². The van der Waals surface area contributed by atoms with Gasteiger partial charge in [-0.1, -0.05) is 31.9 Å². The van der Waals surface area contributed by atoms with Crippen LogP contribution in [0.25, 0.3) is 0 Å². The predicted octanol–water partition coefficient (Wildman–Crippen LogP) is 2.05. The Kier molecular flexibility index (Phi) is 9.71. The molecule has 198 valence electrons. The van der Waals surface area contributed by atoms with Crippen molar-refractivity contribution in [3.8, 4) is 0 Å². The van der Waals surface area contributed by atoms with Gasteiger partial charge >= 0.3 is 12.1 Å². The Morgan fingerprint density at radius 3 is 2.54 bits per heavy atom. The smallest absolute Gasteiger partial charge is 0.408 e. The highest BCUT2D eigenvalue weighted by atomic mass is 16.6. The molecule has 2 aliphatic heterocycles. The monoisotopic (exact) mass is 495 g/mol. The summed E-state index contributed by atoms with van der Waals surface area (Å²) in [5.74, 6) is -2.00. The van der Waals surface area contributed by atoms with Gasteiger partial charge in [0.05, 0.1) is 13.2 Å². The van der Waals surface area contributed by atoms with Crippen molar-refractivity contribution in [1.82, 2.24) is 15.5 Å². The SMILES string of the molecule is COC(=O)[C@]1(C)NC(=O)[C@@H]2C[C@H](O)CN2C(=O)[C@@H](NC(=O)OC(C)(C)C)CCCCC/C=C\C1C. The Labute approximate surface area is 207 Å². The number of amides is 3. The van der Waals surface area contributed by atoms with Crippen LogP contribution in [0.15, 0.2) is 12.2 Å². The van der Waals surface area contributed by atoms with Crippen molar-refractivity contribution in [3.63, 3.8) is 0 Å². The van der Waals surface area contributed by atoms with E-state index in [1.165, 1.54) is 12.0 Å². The molecule has 3 amide bonds. The third-order valence-corrected chi connectivity index (χ3v) is 6.55. The Morgan fingerprint density at radius 1 is 1.23 bits per heavy atom. The molecule has 2 aliphatic rings. The molecule has 5 atom stereocenters. The average Bonchev–Trinajstić information content (AvgIpc) is 3.16. The molecule has 0 spiro atoms. The zero-order valence-electron chi connectivity index (χ0n) is 21.8. The summed E-state index contributed by atoms with van der Waals surface area (Å²) in [5.41, 5.74) is -2.10. The molecular weight excluding hydrogens is 454 g/mol. The molecule has 35 heavy (non-hydrogen) atoms. The number of methoxy groups -OCH3 is 1. The van der Waals surface area contributed by atoms with Gasteiger partial charge in [-0.3, -0.25) is 9.59 Å². The number of carbonyl (C=O) groups excluding carboxylic acids is 4. The van der Waals surface area contributed by atoms with Crippen LogP contribution in [0, 0.1) is 5.92 Å². The highest BCUT2D eigenvalue weighted by molar-refractivity contribution is 5.95. The van der Waals surface area contributed by atoms with Crippen molar-refractivity contribution in [2.75, 3.05) is 13.7 Å². The van der Waals surface area contributed by atoms with Crippen LogP contribution in [-0.2, 0) is 23.9 Å². The van der Waals surface area contributed by atoms with Crippen LogP contribution >= 0.6 is 0 Å². The lowest BCUT2D eigenvalue weighted by molar-refractivity contribution is -0.153. The van der Waals surface area contributed by atoms with E-state index in [2.05, 4.69) is 10.6 Å². The van der Waals surface area contributed by atoms with Gasteiger partial charge in [-0.2, -0.15) is 0 Å². The molecule has 0 aromatic carbocycles. The van der Waals surface area contributed by atoms with E-state index in [1.807, 2.05) is 19.1 Å². The minimum atomic E-state index is -1.36. The van der Waals surface area contributed by atoms with Gasteiger partial charge in [0.1, 0.15) is 23.2 Å². The van der Waals surface area contributed by atoms with Gasteiger partial charge in [-0.05, 0) is 47.0 Å². The number of rotatable bonds is 2. The second kappa shape index (κ2) is 11.9. The van der Waals surface area contributed by atoms with Crippen LogP contribution < -0.4 is 10.6 Å². The number of hydrogen-bond acceptors (Lipinski definition) is 7. The van der Waals surface area contributed by atoms with E-state index < -0.39 is 53.2 Å². The Hall–Kier alpha value is -2.62. The largest absolute Gasteiger partial charge is 0.467 e. The highest BCUT2D eigenvalue weighted by Gasteiger charge is 2.46. The topological polar surface area (TPSA) is 134 Å². The summed E-state index contributed by atoms with van der Waals surface area (Å²) in [5, 5.41) is 15.8. The van der Waals surface area contributed by atoms with Gasteiger partial charge in [0.2, 0.25) is 11.8 Å². The minimum Gasteiger partial charge on any atom is -0.467 e. The zero-order chi connectivity index (χ0) is 26.4. The number of nitrogens with one attached hydrogen (secondary N) is 2. The molecule has 0 aromatic rings. The average molecular weight is 496 g/mol. The number of allylic oxidation sites excluding steroid dienone is 1. The zero-order valence-corrected chi connectivity index (χ0v) is 21.8. The molecule has 1 saturated heterocycles. The first-order chi connectivity index (χ1) is 16.3. The maximum Gasteiger partial charge on any atom is 0.408 e. The summed E-state index contributed by atoms with van der Waals surface area (Å²) in [6.07, 6.45) is 5.79. The quantitative estimate of drug-likeness (QED) is 0.394. The summed E-state index contributed by atoms with van der Waals surface area (Å²) in [4.78, 5) is 53.3. The molecule has 1 unspecified atom stereocenters. The second-order valence-corrected chi connectivity index (χ2v) is 10.6. The van der Waals surface area contributed by atoms with Crippen LogP contribution in [0.2, 0.25) is 0 Å². The molecule has 10 nitrogen and oxygen atoms in total. The van der Waals surface area contributed by atoms with Crippen LogP contribution in [-0.4, -0.2) is 76.9 Å². The number of aliphatic hydroxyl groups excluding tert-OH is 1. The maximum absolute atomic E-state index is 13.5. The molecule has 0 aliphatic carbocycles. The standard InChI is InChI=1S/C25H41N3O7/c1-16-12-10-8-7-9-11-13-18(26-23(33)35-24(2,3)4)21(31)28-15-17(29)14-19(28)20(30)27-25(16,5)22(32)34-6/h10,12,16-19,29H,7-9,11,13-15H2,1-6H3,(H,26,33)(H,27,30)/b12-10-/t16?,17-,18-,19-,25+/m0/s1. The summed E-state index contributed by atoms with van der Waals surface area (Å²) in [6, 6.07) is -1.90. The maximum atomic E-state index is 13.5. The number of alkyl carbamates (subject to hydrolysis) is 1. The number of carbonyl (C=O) groups is 4. The first-order valence-corrected chi connectivity index (χ1v) is 12.3. The van der Waals surface area contributed by atoms with Gasteiger partial charge in [-0.25, -0.2) is 9.59 Å². The van der Waals surface area contributed by atoms with E-state index in [-0.39, 0.29) is 18.9 Å². The van der Waals surface area contributed by atoms with Gasteiger partial charge in [0, 0.05) is 18.9 Å². The van der Waals surface area contributed by atoms with E-state index in [0.717, 1.165) is 19.3 Å². The van der Waals surface area contributed by atoms with E-state index in [9.17, 15) is 24.3 Å². The number of fused-ring (bicyclic) bond motifs is 1. The third-order valence-electron chi connectivity index (χ3n) is 6.55. The fourth-order valence-corrected chi connectivity index (χ4v) is 4.40. The van der Waals surface area contributed by atoms with Crippen molar-refractivity contribution in [2.24, 2.45) is 5.92 Å². The van der Waals surface area contributed by atoms with Crippen molar-refractivity contribution < 1.29 is 33.8 Å². The van der Waals surface area contributed by atoms with Crippen LogP contribution in [0.1, 0.15) is 73.1 Å². The fraction of sp³-hybridized carbons (Fsp3) is 0.760. The lowest BCUT2D eigenvalue weighted by Gasteiger charge is -2.35. The van der Waals surface area contributed by atoms with Gasteiger partial charge in [0.15, 0.2) is 0 Å². The molecule has 1 fully saturated rings. The first-order valence-electron chi connectivity index (χ1n) is 12.3. The Bertz CT molecular complexity index is 822. The van der Waals surface area contributed by atoms with Crippen molar-refractivity contribution >= 4 is 23.9 Å². The molecule has 3 N–H and O–H groups in total. The summed E-state index contributed by atoms with van der Waals surface area (Å²) >= 11 is 0. The molecule has 2 rings (SSSR count). The third kappa shape index (κ3) is 7.68. The number of ether oxygens (including phenoxy) is 2. The number of esters is 1. The Morgan fingerprint density at radius 2 is 1.91 bits per heavy atom. The summed E-state index contributed by atoms with van der Waals surface area (Å²) in [6.45, 7) is 8.56. The molecular formula is C25H41N3O7. The normalized spacial score (nSPS) is 31.9. The highest BCUT2D eigenvalue weighted by Crippen LogP contribution is 2.26. The van der Waals surface area contributed by atoms with Gasteiger partial charge in [0.25, 0.3) is 0 Å². The summed E-state index contributed by atoms with van der Waals surface area (Å²) in [7, 11) is 1.26. The first kappa shape index (κ1) is 28.6. The molecule has 0 bridgehead atoms. The van der Waals surface area contributed by atoms with Crippen LogP contribution in [0.4, 0.5) is 4.79 Å². The summed E-state index contributed by atoms with van der Waals surface area (Å²) < 4.78 is 10.3. The number of nitrogens with zero attached hydrogens (tertiary/aromatic N) is 1. The number of hydrogen-bond donors (Lipinski definition) is 3.